The molecular formula is C16H22ClN3O. The summed E-state index contributed by atoms with van der Waals surface area (Å²) in [6.07, 6.45) is 2.07. The number of piperidine rings is 1. The number of carbonyl (C=O) groups excluding carboxylic acids is 1. The first-order valence-corrected chi connectivity index (χ1v) is 8.03. The molecule has 1 fully saturated rings. The van der Waals surface area contributed by atoms with Crippen molar-refractivity contribution in [3.8, 4) is 0 Å². The quantitative estimate of drug-likeness (QED) is 0.907. The highest BCUT2D eigenvalue weighted by Crippen LogP contribution is 2.32. The smallest absolute Gasteiger partial charge is 0.317 e. The highest BCUT2D eigenvalue weighted by atomic mass is 35.5. The Hall–Kier alpha value is -1.26. The molecule has 1 aromatic rings. The van der Waals surface area contributed by atoms with Crippen LogP contribution in [0, 0.1) is 0 Å². The van der Waals surface area contributed by atoms with Crippen LogP contribution in [0.25, 0.3) is 0 Å². The molecule has 0 aromatic heterocycles. The van der Waals surface area contributed by atoms with Crippen molar-refractivity contribution in [2.45, 2.75) is 45.3 Å². The first kappa shape index (κ1) is 14.7. The van der Waals surface area contributed by atoms with E-state index in [0.717, 1.165) is 42.2 Å². The number of hydrogen-bond donors (Lipinski definition) is 1. The molecule has 5 heteroatoms. The number of fused-ring (bicyclic) bond motifs is 1. The van der Waals surface area contributed by atoms with Crippen molar-refractivity contribution in [1.29, 1.82) is 0 Å². The highest BCUT2D eigenvalue weighted by molar-refractivity contribution is 6.32. The van der Waals surface area contributed by atoms with E-state index in [2.05, 4.69) is 24.1 Å². The van der Waals surface area contributed by atoms with Crippen LogP contribution in [0.4, 0.5) is 10.5 Å². The Labute approximate surface area is 131 Å². The average molecular weight is 308 g/mol. The number of halogens is 1. The molecule has 0 atom stereocenters. The minimum atomic E-state index is 0.00719. The van der Waals surface area contributed by atoms with Gasteiger partial charge in [-0.05, 0) is 38.8 Å². The molecule has 1 saturated heterocycles. The van der Waals surface area contributed by atoms with Gasteiger partial charge in [-0.15, -0.1) is 0 Å². The van der Waals surface area contributed by atoms with Crippen molar-refractivity contribution in [3.05, 3.63) is 28.8 Å². The SMILES string of the molecule is CC(C)N1CCC(N2Cc3c(Cl)cccc3NC2=O)CC1. The first-order valence-electron chi connectivity index (χ1n) is 7.65. The molecule has 114 valence electrons. The maximum atomic E-state index is 12.3. The summed E-state index contributed by atoms with van der Waals surface area (Å²) in [4.78, 5) is 16.8. The van der Waals surface area contributed by atoms with Gasteiger partial charge in [0.1, 0.15) is 0 Å². The van der Waals surface area contributed by atoms with Gasteiger partial charge in [-0.2, -0.15) is 0 Å². The molecule has 2 aliphatic heterocycles. The van der Waals surface area contributed by atoms with Crippen LogP contribution in [0.3, 0.4) is 0 Å². The lowest BCUT2D eigenvalue weighted by Gasteiger charge is -2.41. The van der Waals surface area contributed by atoms with Crippen molar-refractivity contribution < 1.29 is 4.79 Å². The number of rotatable bonds is 2. The number of anilines is 1. The van der Waals surface area contributed by atoms with E-state index in [9.17, 15) is 4.79 Å². The lowest BCUT2D eigenvalue weighted by molar-refractivity contribution is 0.105. The van der Waals surface area contributed by atoms with Crippen LogP contribution in [-0.2, 0) is 6.54 Å². The number of carbonyl (C=O) groups is 1. The maximum absolute atomic E-state index is 12.3. The summed E-state index contributed by atoms with van der Waals surface area (Å²) in [5.74, 6) is 0. The van der Waals surface area contributed by atoms with Crippen LogP contribution < -0.4 is 5.32 Å². The molecule has 2 amide bonds. The van der Waals surface area contributed by atoms with Crippen LogP contribution >= 0.6 is 11.6 Å². The van der Waals surface area contributed by atoms with E-state index in [-0.39, 0.29) is 6.03 Å². The fourth-order valence-electron chi connectivity index (χ4n) is 3.27. The molecule has 0 spiro atoms. The summed E-state index contributed by atoms with van der Waals surface area (Å²) in [7, 11) is 0. The highest BCUT2D eigenvalue weighted by Gasteiger charge is 2.32. The largest absolute Gasteiger partial charge is 0.322 e. The third-order valence-corrected chi connectivity index (χ3v) is 4.97. The Morgan fingerprint density at radius 2 is 2.00 bits per heavy atom. The summed E-state index contributed by atoms with van der Waals surface area (Å²) in [5, 5.41) is 3.70. The van der Waals surface area contributed by atoms with Gasteiger partial charge in [0.25, 0.3) is 0 Å². The summed E-state index contributed by atoms with van der Waals surface area (Å²) in [6.45, 7) is 7.18. The second-order valence-corrected chi connectivity index (χ2v) is 6.59. The molecule has 0 unspecified atom stereocenters. The molecule has 0 bridgehead atoms. The summed E-state index contributed by atoms with van der Waals surface area (Å²) in [5.41, 5.74) is 1.88. The van der Waals surface area contributed by atoms with Gasteiger partial charge >= 0.3 is 6.03 Å². The summed E-state index contributed by atoms with van der Waals surface area (Å²) >= 11 is 6.27. The number of benzene rings is 1. The topological polar surface area (TPSA) is 35.6 Å². The average Bonchev–Trinajstić information content (AvgIpc) is 2.47. The Morgan fingerprint density at radius 3 is 2.67 bits per heavy atom. The van der Waals surface area contributed by atoms with Gasteiger partial charge in [0, 0.05) is 41.4 Å². The molecule has 0 aliphatic carbocycles. The van der Waals surface area contributed by atoms with E-state index < -0.39 is 0 Å². The van der Waals surface area contributed by atoms with Crippen molar-refractivity contribution in [2.75, 3.05) is 18.4 Å². The Balaban J connectivity index is 1.73. The van der Waals surface area contributed by atoms with Crippen molar-refractivity contribution in [1.82, 2.24) is 9.80 Å². The minimum Gasteiger partial charge on any atom is -0.317 e. The first-order chi connectivity index (χ1) is 10.1. The van der Waals surface area contributed by atoms with Gasteiger partial charge in [0.2, 0.25) is 0 Å². The Kier molecular flexibility index (Phi) is 4.09. The molecule has 3 rings (SSSR count). The number of nitrogens with one attached hydrogen (secondary N) is 1. The molecule has 2 heterocycles. The van der Waals surface area contributed by atoms with Crippen LogP contribution in [0.15, 0.2) is 18.2 Å². The molecule has 1 N–H and O–H groups in total. The number of hydrogen-bond acceptors (Lipinski definition) is 2. The second kappa shape index (κ2) is 5.85. The van der Waals surface area contributed by atoms with Gasteiger partial charge in [0.15, 0.2) is 0 Å². The monoisotopic (exact) mass is 307 g/mol. The summed E-state index contributed by atoms with van der Waals surface area (Å²) < 4.78 is 0. The fraction of sp³-hybridized carbons (Fsp3) is 0.562. The van der Waals surface area contributed by atoms with Crippen molar-refractivity contribution >= 4 is 23.3 Å². The normalized spacial score (nSPS) is 20.6. The Bertz CT molecular complexity index is 538. The van der Waals surface area contributed by atoms with Gasteiger partial charge in [-0.3, -0.25) is 0 Å². The minimum absolute atomic E-state index is 0.00719. The fourth-order valence-corrected chi connectivity index (χ4v) is 3.51. The number of nitrogens with zero attached hydrogens (tertiary/aromatic N) is 2. The van der Waals surface area contributed by atoms with Crippen LogP contribution in [-0.4, -0.2) is 41.0 Å². The maximum Gasteiger partial charge on any atom is 0.322 e. The van der Waals surface area contributed by atoms with E-state index in [4.69, 9.17) is 11.6 Å². The van der Waals surface area contributed by atoms with Gasteiger partial charge in [0.05, 0.1) is 6.54 Å². The lowest BCUT2D eigenvalue weighted by Crippen LogP contribution is -2.51. The zero-order valence-corrected chi connectivity index (χ0v) is 13.4. The van der Waals surface area contributed by atoms with Crippen LogP contribution in [0.5, 0.6) is 0 Å². The molecular weight excluding hydrogens is 286 g/mol. The van der Waals surface area contributed by atoms with E-state index in [1.165, 1.54) is 0 Å². The second-order valence-electron chi connectivity index (χ2n) is 6.18. The number of amides is 2. The van der Waals surface area contributed by atoms with E-state index in [1.807, 2.05) is 23.1 Å². The van der Waals surface area contributed by atoms with Crippen LogP contribution in [0.1, 0.15) is 32.3 Å². The number of likely N-dealkylation sites (tertiary alicyclic amines) is 1. The molecule has 2 aliphatic rings. The zero-order chi connectivity index (χ0) is 15.0. The zero-order valence-electron chi connectivity index (χ0n) is 12.6. The molecule has 4 nitrogen and oxygen atoms in total. The standard InChI is InChI=1S/C16H22ClN3O/c1-11(2)19-8-6-12(7-9-19)20-10-13-14(17)4-3-5-15(13)18-16(20)21/h3-5,11-12H,6-10H2,1-2H3,(H,18,21). The molecule has 1 aromatic carbocycles. The van der Waals surface area contributed by atoms with Crippen molar-refractivity contribution in [3.63, 3.8) is 0 Å². The predicted molar refractivity (Wildman–Crippen MR) is 85.7 cm³/mol. The third-order valence-electron chi connectivity index (χ3n) is 4.62. The third kappa shape index (κ3) is 2.87. The van der Waals surface area contributed by atoms with Gasteiger partial charge in [-0.1, -0.05) is 17.7 Å². The van der Waals surface area contributed by atoms with E-state index in [0.29, 0.717) is 18.6 Å². The Morgan fingerprint density at radius 1 is 1.29 bits per heavy atom. The van der Waals surface area contributed by atoms with Gasteiger partial charge < -0.3 is 15.1 Å². The van der Waals surface area contributed by atoms with Crippen molar-refractivity contribution in [2.24, 2.45) is 0 Å². The van der Waals surface area contributed by atoms with Crippen LogP contribution in [0.2, 0.25) is 5.02 Å². The molecule has 21 heavy (non-hydrogen) atoms. The van der Waals surface area contributed by atoms with E-state index in [1.54, 1.807) is 0 Å². The predicted octanol–water partition coefficient (Wildman–Crippen LogP) is 3.56. The summed E-state index contributed by atoms with van der Waals surface area (Å²) in [6, 6.07) is 6.57. The lowest BCUT2D eigenvalue weighted by atomic mass is 10.00. The number of urea groups is 1. The molecule has 0 saturated carbocycles. The van der Waals surface area contributed by atoms with E-state index >= 15 is 0 Å². The molecule has 0 radical (unpaired) electrons. The van der Waals surface area contributed by atoms with Gasteiger partial charge in [-0.25, -0.2) is 4.79 Å².